The highest BCUT2D eigenvalue weighted by molar-refractivity contribution is 9.10. The molecule has 28 heavy (non-hydrogen) atoms. The zero-order valence-corrected chi connectivity index (χ0v) is 18.8. The van der Waals surface area contributed by atoms with Crippen LogP contribution in [-0.2, 0) is 20.2 Å². The zero-order valence-electron chi connectivity index (χ0n) is 14.0. The summed E-state index contributed by atoms with van der Waals surface area (Å²) >= 11 is 6.49. The summed E-state index contributed by atoms with van der Waals surface area (Å²) in [4.78, 5) is -0.619. The van der Waals surface area contributed by atoms with Crippen LogP contribution in [0.25, 0.3) is 0 Å². The van der Waals surface area contributed by atoms with Crippen LogP contribution in [0.4, 0.5) is 0 Å². The molecule has 0 heterocycles. The Balaban J connectivity index is 1.88. The fraction of sp³-hybridized carbons (Fsp3) is 0. The van der Waals surface area contributed by atoms with Crippen molar-refractivity contribution in [3.63, 3.8) is 0 Å². The maximum absolute atomic E-state index is 12.5. The first-order valence-electron chi connectivity index (χ1n) is 7.66. The molecule has 146 valence electrons. The monoisotopic (exact) mass is 546 g/mol. The highest BCUT2D eigenvalue weighted by atomic mass is 79.9. The predicted molar refractivity (Wildman–Crippen MR) is 110 cm³/mol. The minimum Gasteiger partial charge on any atom is -0.379 e. The molecule has 0 aromatic heterocycles. The van der Waals surface area contributed by atoms with Gasteiger partial charge in [0.25, 0.3) is 0 Å². The Morgan fingerprint density at radius 3 is 1.29 bits per heavy atom. The van der Waals surface area contributed by atoms with Gasteiger partial charge in [-0.3, -0.25) is 0 Å². The highest BCUT2D eigenvalue weighted by Crippen LogP contribution is 2.25. The molecule has 0 atom stereocenters. The Kier molecular flexibility index (Phi) is 6.13. The predicted octanol–water partition coefficient (Wildman–Crippen LogP) is 4.75. The lowest BCUT2D eigenvalue weighted by molar-refractivity contribution is 0.483. The minimum atomic E-state index is -4.23. The van der Waals surface area contributed by atoms with Gasteiger partial charge in [0, 0.05) is 8.95 Å². The van der Waals surface area contributed by atoms with Crippen molar-refractivity contribution in [2.45, 2.75) is 9.79 Å². The summed E-state index contributed by atoms with van der Waals surface area (Å²) in [5, 5.41) is 0. The second kappa shape index (κ2) is 8.24. The van der Waals surface area contributed by atoms with E-state index in [4.69, 9.17) is 8.37 Å². The number of hydrogen-bond donors (Lipinski definition) is 0. The molecule has 0 fully saturated rings. The van der Waals surface area contributed by atoms with Crippen molar-refractivity contribution in [3.05, 3.63) is 81.7 Å². The third-order valence-corrected chi connectivity index (χ3v) is 6.97. The summed E-state index contributed by atoms with van der Waals surface area (Å²) in [6.45, 7) is 0. The SMILES string of the molecule is O=S(=O)(Oc1ccc(Br)cc1)c1cccc(S(=O)(=O)Oc2ccc(Br)cc2)c1. The van der Waals surface area contributed by atoms with Gasteiger partial charge in [-0.15, -0.1) is 0 Å². The third-order valence-electron chi connectivity index (χ3n) is 3.42. The molecule has 0 aliphatic heterocycles. The number of hydrogen-bond acceptors (Lipinski definition) is 6. The van der Waals surface area contributed by atoms with Crippen LogP contribution in [0.3, 0.4) is 0 Å². The molecular formula is C18H12Br2O6S2. The molecule has 0 saturated carbocycles. The van der Waals surface area contributed by atoms with Crippen LogP contribution >= 0.6 is 31.9 Å². The highest BCUT2D eigenvalue weighted by Gasteiger charge is 2.22. The van der Waals surface area contributed by atoms with Gasteiger partial charge in [0.1, 0.15) is 21.3 Å². The van der Waals surface area contributed by atoms with E-state index in [0.29, 0.717) is 0 Å². The standard InChI is InChI=1S/C18H12Br2O6S2/c19-13-4-8-15(9-5-13)25-27(21,22)17-2-1-3-18(12-17)28(23,24)26-16-10-6-14(20)7-11-16/h1-12H. The molecule has 0 N–H and O–H groups in total. The van der Waals surface area contributed by atoms with E-state index in [2.05, 4.69) is 31.9 Å². The molecular weight excluding hydrogens is 536 g/mol. The lowest BCUT2D eigenvalue weighted by Gasteiger charge is -2.10. The van der Waals surface area contributed by atoms with Gasteiger partial charge < -0.3 is 8.37 Å². The average molecular weight is 548 g/mol. The Bertz CT molecular complexity index is 1100. The first kappa shape index (κ1) is 20.8. The Morgan fingerprint density at radius 2 is 0.929 bits per heavy atom. The molecule has 6 nitrogen and oxygen atoms in total. The summed E-state index contributed by atoms with van der Waals surface area (Å²) in [6.07, 6.45) is 0. The van der Waals surface area contributed by atoms with E-state index in [9.17, 15) is 16.8 Å². The first-order valence-corrected chi connectivity index (χ1v) is 12.1. The van der Waals surface area contributed by atoms with Crippen molar-refractivity contribution >= 4 is 52.1 Å². The van der Waals surface area contributed by atoms with Gasteiger partial charge in [0.2, 0.25) is 0 Å². The van der Waals surface area contributed by atoms with Gasteiger partial charge in [-0.05, 0) is 66.7 Å². The van der Waals surface area contributed by atoms with Crippen LogP contribution in [0.5, 0.6) is 11.5 Å². The normalized spacial score (nSPS) is 11.8. The van der Waals surface area contributed by atoms with Crippen molar-refractivity contribution in [3.8, 4) is 11.5 Å². The Morgan fingerprint density at radius 1 is 0.571 bits per heavy atom. The van der Waals surface area contributed by atoms with Gasteiger partial charge in [0.15, 0.2) is 0 Å². The second-order valence-corrected chi connectivity index (χ2v) is 10.4. The molecule has 3 aromatic carbocycles. The Hall–Kier alpha value is -1.88. The van der Waals surface area contributed by atoms with E-state index < -0.39 is 20.2 Å². The maximum Gasteiger partial charge on any atom is 0.339 e. The van der Waals surface area contributed by atoms with Crippen molar-refractivity contribution < 1.29 is 25.2 Å². The average Bonchev–Trinajstić information content (AvgIpc) is 2.65. The van der Waals surface area contributed by atoms with Crippen LogP contribution < -0.4 is 8.37 Å². The van der Waals surface area contributed by atoms with Crippen LogP contribution in [-0.4, -0.2) is 16.8 Å². The summed E-state index contributed by atoms with van der Waals surface area (Å²) < 4.78 is 61.6. The summed E-state index contributed by atoms with van der Waals surface area (Å²) in [6, 6.07) is 17.2. The lowest BCUT2D eigenvalue weighted by atomic mass is 10.3. The molecule has 3 rings (SSSR count). The molecule has 0 bridgehead atoms. The molecule has 10 heteroatoms. The van der Waals surface area contributed by atoms with E-state index in [-0.39, 0.29) is 21.3 Å². The zero-order chi connectivity index (χ0) is 20.4. The van der Waals surface area contributed by atoms with Crippen LogP contribution in [0.15, 0.2) is 91.5 Å². The molecule has 0 saturated heterocycles. The van der Waals surface area contributed by atoms with E-state index in [1.54, 1.807) is 24.3 Å². The topological polar surface area (TPSA) is 86.7 Å². The molecule has 0 amide bonds. The minimum absolute atomic E-state index is 0.0996. The fourth-order valence-electron chi connectivity index (χ4n) is 2.12. The first-order chi connectivity index (χ1) is 13.2. The van der Waals surface area contributed by atoms with Gasteiger partial charge in [-0.2, -0.15) is 16.8 Å². The van der Waals surface area contributed by atoms with Crippen molar-refractivity contribution in [1.82, 2.24) is 0 Å². The second-order valence-electron chi connectivity index (χ2n) is 5.46. The smallest absolute Gasteiger partial charge is 0.339 e. The summed E-state index contributed by atoms with van der Waals surface area (Å²) in [7, 11) is -8.46. The van der Waals surface area contributed by atoms with Gasteiger partial charge in [0.05, 0.1) is 0 Å². The van der Waals surface area contributed by atoms with Gasteiger partial charge in [-0.1, -0.05) is 37.9 Å². The lowest BCUT2D eigenvalue weighted by Crippen LogP contribution is -2.13. The maximum atomic E-state index is 12.5. The fourth-order valence-corrected chi connectivity index (χ4v) is 4.67. The van der Waals surface area contributed by atoms with Crippen LogP contribution in [0.2, 0.25) is 0 Å². The van der Waals surface area contributed by atoms with Crippen molar-refractivity contribution in [1.29, 1.82) is 0 Å². The summed E-state index contributed by atoms with van der Waals surface area (Å²) in [5.74, 6) is 0.199. The van der Waals surface area contributed by atoms with Crippen LogP contribution in [0, 0.1) is 0 Å². The van der Waals surface area contributed by atoms with Crippen molar-refractivity contribution in [2.75, 3.05) is 0 Å². The molecule has 0 aliphatic carbocycles. The summed E-state index contributed by atoms with van der Waals surface area (Å²) in [5.41, 5.74) is 0. The van der Waals surface area contributed by atoms with Crippen molar-refractivity contribution in [2.24, 2.45) is 0 Å². The third kappa shape index (κ3) is 5.13. The quantitative estimate of drug-likeness (QED) is 0.414. The van der Waals surface area contributed by atoms with E-state index in [0.717, 1.165) is 15.0 Å². The van der Waals surface area contributed by atoms with Gasteiger partial charge >= 0.3 is 20.2 Å². The van der Waals surface area contributed by atoms with Crippen LogP contribution in [0.1, 0.15) is 0 Å². The molecule has 0 unspecified atom stereocenters. The number of benzene rings is 3. The molecule has 0 spiro atoms. The molecule has 0 radical (unpaired) electrons. The molecule has 3 aromatic rings. The van der Waals surface area contributed by atoms with Gasteiger partial charge in [-0.25, -0.2) is 0 Å². The van der Waals surface area contributed by atoms with E-state index >= 15 is 0 Å². The number of halogens is 2. The largest absolute Gasteiger partial charge is 0.379 e. The number of rotatable bonds is 6. The molecule has 0 aliphatic rings. The van der Waals surface area contributed by atoms with E-state index in [1.165, 1.54) is 42.5 Å². The van der Waals surface area contributed by atoms with E-state index in [1.807, 2.05) is 0 Å². The Labute approximate surface area is 179 Å².